The molecule has 1 aromatic heterocycles. The average molecular weight is 550 g/mol. The fourth-order valence-electron chi connectivity index (χ4n) is 3.48. The summed E-state index contributed by atoms with van der Waals surface area (Å²) in [6.45, 7) is 7.12. The topological polar surface area (TPSA) is 59.8 Å². The van der Waals surface area contributed by atoms with Crippen molar-refractivity contribution >= 4 is 40.8 Å². The molecule has 0 fully saturated rings. The first-order valence-electron chi connectivity index (χ1n) is 11.0. The van der Waals surface area contributed by atoms with E-state index in [1.807, 2.05) is 6.92 Å². The van der Waals surface area contributed by atoms with E-state index in [0.717, 1.165) is 37.6 Å². The van der Waals surface area contributed by atoms with Crippen LogP contribution in [0.4, 0.5) is 0 Å². The van der Waals surface area contributed by atoms with E-state index in [-0.39, 0.29) is 24.0 Å². The van der Waals surface area contributed by atoms with Crippen molar-refractivity contribution in [3.05, 3.63) is 71.9 Å². The van der Waals surface area contributed by atoms with Gasteiger partial charge in [-0.1, -0.05) is 42.5 Å². The Labute approximate surface area is 208 Å². The van der Waals surface area contributed by atoms with Crippen LogP contribution >= 0.6 is 24.0 Å². The van der Waals surface area contributed by atoms with Crippen LogP contribution < -0.4 is 10.6 Å². The number of ether oxygens (including phenoxy) is 2. The number of rotatable bonds is 12. The second kappa shape index (κ2) is 14.9. The van der Waals surface area contributed by atoms with E-state index in [2.05, 4.69) is 81.0 Å². The van der Waals surface area contributed by atoms with Crippen LogP contribution in [0.1, 0.15) is 24.5 Å². The van der Waals surface area contributed by atoms with Gasteiger partial charge in [-0.15, -0.1) is 24.0 Å². The van der Waals surface area contributed by atoms with Gasteiger partial charge in [0, 0.05) is 45.0 Å². The van der Waals surface area contributed by atoms with Gasteiger partial charge in [-0.3, -0.25) is 4.99 Å². The Morgan fingerprint density at radius 3 is 2.62 bits per heavy atom. The highest BCUT2D eigenvalue weighted by atomic mass is 127. The number of guanidine groups is 1. The van der Waals surface area contributed by atoms with Crippen LogP contribution in [0.3, 0.4) is 0 Å². The van der Waals surface area contributed by atoms with Crippen molar-refractivity contribution in [1.29, 1.82) is 0 Å². The average Bonchev–Trinajstić information content (AvgIpc) is 3.22. The van der Waals surface area contributed by atoms with Crippen LogP contribution in [0.15, 0.2) is 65.8 Å². The number of aromatic nitrogens is 1. The third-order valence-corrected chi connectivity index (χ3v) is 5.07. The number of aliphatic imine (C=N–C) groups is 1. The first-order valence-corrected chi connectivity index (χ1v) is 11.0. The zero-order valence-electron chi connectivity index (χ0n) is 19.0. The smallest absolute Gasteiger partial charge is 0.191 e. The predicted molar refractivity (Wildman–Crippen MR) is 143 cm³/mol. The van der Waals surface area contributed by atoms with E-state index < -0.39 is 0 Å². The lowest BCUT2D eigenvalue weighted by molar-refractivity contribution is 0.0453. The summed E-state index contributed by atoms with van der Waals surface area (Å²) in [5.41, 5.74) is 3.65. The Kier molecular flexibility index (Phi) is 12.2. The van der Waals surface area contributed by atoms with Crippen molar-refractivity contribution in [2.75, 3.05) is 33.4 Å². The molecule has 2 N–H and O–H groups in total. The van der Waals surface area contributed by atoms with Gasteiger partial charge in [0.15, 0.2) is 5.96 Å². The Bertz CT molecular complexity index is 958. The highest BCUT2D eigenvalue weighted by Gasteiger charge is 2.02. The fourth-order valence-corrected chi connectivity index (χ4v) is 3.48. The first kappa shape index (κ1) is 26.2. The number of fused-ring (bicyclic) bond motifs is 1. The van der Waals surface area contributed by atoms with E-state index in [9.17, 15) is 0 Å². The minimum atomic E-state index is 0. The van der Waals surface area contributed by atoms with Crippen molar-refractivity contribution in [2.45, 2.75) is 33.0 Å². The Morgan fingerprint density at radius 2 is 1.78 bits per heavy atom. The lowest BCUT2D eigenvalue weighted by atomic mass is 10.1. The molecule has 0 radical (unpaired) electrons. The molecule has 0 aliphatic rings. The normalized spacial score (nSPS) is 11.4. The van der Waals surface area contributed by atoms with Crippen molar-refractivity contribution in [3.8, 4) is 0 Å². The second-order valence-electron chi connectivity index (χ2n) is 7.34. The van der Waals surface area contributed by atoms with Crippen LogP contribution in [0.5, 0.6) is 0 Å². The minimum Gasteiger partial charge on any atom is -0.379 e. The van der Waals surface area contributed by atoms with Crippen LogP contribution in [0.25, 0.3) is 10.9 Å². The summed E-state index contributed by atoms with van der Waals surface area (Å²) >= 11 is 0. The van der Waals surface area contributed by atoms with Gasteiger partial charge in [-0.05, 0) is 42.0 Å². The molecule has 0 saturated heterocycles. The number of para-hydroxylation sites is 1. The molecule has 7 heteroatoms. The molecule has 0 aliphatic heterocycles. The van der Waals surface area contributed by atoms with Gasteiger partial charge < -0.3 is 24.7 Å². The number of hydrogen-bond donors (Lipinski definition) is 2. The van der Waals surface area contributed by atoms with Crippen LogP contribution in [-0.2, 0) is 29.2 Å². The summed E-state index contributed by atoms with van der Waals surface area (Å²) in [5.74, 6) is 0.815. The highest BCUT2D eigenvalue weighted by molar-refractivity contribution is 14.0. The molecule has 174 valence electrons. The number of aryl methyl sites for hydroxylation is 1. The standard InChI is InChI=1S/C25H34N4O2.HI/c1-3-30-16-17-31-20-22-9-6-8-21(18-22)19-28-25(26-2)27-13-7-14-29-15-12-23-10-4-5-11-24(23)29;/h4-6,8-12,15,18H,3,7,13-14,16-17,19-20H2,1-2H3,(H2,26,27,28);1H. The number of nitrogens with one attached hydrogen (secondary N) is 2. The zero-order chi connectivity index (χ0) is 21.7. The Balaban J connectivity index is 0.00000363. The van der Waals surface area contributed by atoms with Crippen molar-refractivity contribution in [2.24, 2.45) is 4.99 Å². The van der Waals surface area contributed by atoms with Crippen LogP contribution in [0.2, 0.25) is 0 Å². The van der Waals surface area contributed by atoms with E-state index in [1.54, 1.807) is 7.05 Å². The van der Waals surface area contributed by atoms with Crippen molar-refractivity contribution < 1.29 is 9.47 Å². The number of benzene rings is 2. The van der Waals surface area contributed by atoms with Gasteiger partial charge in [0.2, 0.25) is 0 Å². The summed E-state index contributed by atoms with van der Waals surface area (Å²) in [5, 5.41) is 8.08. The molecule has 0 spiro atoms. The maximum atomic E-state index is 5.66. The SMILES string of the molecule is CCOCCOCc1cccc(CNC(=NC)NCCCn2ccc3ccccc32)c1.I. The fraction of sp³-hybridized carbons (Fsp3) is 0.400. The van der Waals surface area contributed by atoms with Gasteiger partial charge in [-0.2, -0.15) is 0 Å². The van der Waals surface area contributed by atoms with Gasteiger partial charge >= 0.3 is 0 Å². The third kappa shape index (κ3) is 8.44. The molecule has 3 aromatic rings. The van der Waals surface area contributed by atoms with Crippen LogP contribution in [-0.4, -0.2) is 43.9 Å². The summed E-state index contributed by atoms with van der Waals surface area (Å²) in [6, 6.07) is 19.1. The molecule has 0 saturated carbocycles. The van der Waals surface area contributed by atoms with Crippen molar-refractivity contribution in [1.82, 2.24) is 15.2 Å². The van der Waals surface area contributed by atoms with Gasteiger partial charge in [0.25, 0.3) is 0 Å². The third-order valence-electron chi connectivity index (χ3n) is 5.07. The van der Waals surface area contributed by atoms with Crippen LogP contribution in [0, 0.1) is 0 Å². The number of nitrogens with zero attached hydrogens (tertiary/aromatic N) is 2. The largest absolute Gasteiger partial charge is 0.379 e. The second-order valence-corrected chi connectivity index (χ2v) is 7.34. The van der Waals surface area contributed by atoms with Crippen molar-refractivity contribution in [3.63, 3.8) is 0 Å². The molecule has 0 atom stereocenters. The quantitative estimate of drug-likeness (QED) is 0.150. The molecular formula is C25H35IN4O2. The van der Waals surface area contributed by atoms with Gasteiger partial charge in [0.05, 0.1) is 19.8 Å². The van der Waals surface area contributed by atoms with E-state index in [0.29, 0.717) is 26.4 Å². The molecule has 2 aromatic carbocycles. The highest BCUT2D eigenvalue weighted by Crippen LogP contribution is 2.15. The first-order chi connectivity index (χ1) is 15.3. The molecular weight excluding hydrogens is 515 g/mol. The molecule has 0 bridgehead atoms. The van der Waals surface area contributed by atoms with Gasteiger partial charge in [0.1, 0.15) is 0 Å². The number of hydrogen-bond acceptors (Lipinski definition) is 3. The maximum absolute atomic E-state index is 5.66. The molecule has 0 amide bonds. The van der Waals surface area contributed by atoms with Gasteiger partial charge in [-0.25, -0.2) is 0 Å². The molecule has 0 aliphatic carbocycles. The number of halogens is 1. The molecule has 3 rings (SSSR count). The van der Waals surface area contributed by atoms with E-state index >= 15 is 0 Å². The molecule has 1 heterocycles. The lowest BCUT2D eigenvalue weighted by Crippen LogP contribution is -2.37. The molecule has 32 heavy (non-hydrogen) atoms. The van der Waals surface area contributed by atoms with E-state index in [4.69, 9.17) is 9.47 Å². The molecule has 6 nitrogen and oxygen atoms in total. The maximum Gasteiger partial charge on any atom is 0.191 e. The summed E-state index contributed by atoms with van der Waals surface area (Å²) in [7, 11) is 1.80. The summed E-state index contributed by atoms with van der Waals surface area (Å²) in [4.78, 5) is 4.34. The lowest BCUT2D eigenvalue weighted by Gasteiger charge is -2.13. The summed E-state index contributed by atoms with van der Waals surface area (Å²) in [6.07, 6.45) is 3.18. The zero-order valence-corrected chi connectivity index (χ0v) is 21.4. The van der Waals surface area contributed by atoms with E-state index in [1.165, 1.54) is 16.5 Å². The molecule has 0 unspecified atom stereocenters. The summed E-state index contributed by atoms with van der Waals surface area (Å²) < 4.78 is 13.3. The minimum absolute atomic E-state index is 0. The Hall–Kier alpha value is -2.10. The predicted octanol–water partition coefficient (Wildman–Crippen LogP) is 4.57. The monoisotopic (exact) mass is 550 g/mol. The Morgan fingerprint density at radius 1 is 0.969 bits per heavy atom.